The zero-order valence-corrected chi connectivity index (χ0v) is 12.6. The van der Waals surface area contributed by atoms with Crippen molar-refractivity contribution in [2.45, 2.75) is 9.92 Å². The Balaban J connectivity index is 0. The van der Waals surface area contributed by atoms with Crippen LogP contribution in [0.1, 0.15) is 4.88 Å². The molecular weight excluding hydrogens is 218 g/mol. The summed E-state index contributed by atoms with van der Waals surface area (Å²) in [6, 6.07) is 1.90. The average Bonchev–Trinajstić information content (AvgIpc) is 2.15. The molecule has 0 aliphatic rings. The molecule has 0 saturated heterocycles. The standard InChI is InChI=1S/C4H2N2S3.2Na/c5-1-2-3(7)4(8)6-9-2;;/h7H,(H,6,8);;/q;2*+1/p-2. The minimum Gasteiger partial charge on any atom is -0.778 e. The van der Waals surface area contributed by atoms with E-state index < -0.39 is 0 Å². The number of hydrogen-bond acceptors (Lipinski definition) is 5. The molecule has 2 nitrogen and oxygen atoms in total. The van der Waals surface area contributed by atoms with Gasteiger partial charge in [-0.15, -0.1) is 4.90 Å². The molecule has 46 valence electrons. The summed E-state index contributed by atoms with van der Waals surface area (Å²) in [5.41, 5.74) is 0. The predicted molar refractivity (Wildman–Crippen MR) is 38.1 cm³/mol. The van der Waals surface area contributed by atoms with Crippen molar-refractivity contribution in [3.63, 3.8) is 0 Å². The van der Waals surface area contributed by atoms with E-state index in [9.17, 15) is 0 Å². The Morgan fingerprint density at radius 2 is 1.91 bits per heavy atom. The van der Waals surface area contributed by atoms with Crippen molar-refractivity contribution in [3.8, 4) is 6.07 Å². The second-order valence-electron chi connectivity index (χ2n) is 1.26. The van der Waals surface area contributed by atoms with Crippen molar-refractivity contribution in [1.29, 1.82) is 5.26 Å². The molecule has 0 amide bonds. The summed E-state index contributed by atoms with van der Waals surface area (Å²) in [5.74, 6) is 0. The molecule has 7 heteroatoms. The molecule has 1 aromatic rings. The van der Waals surface area contributed by atoms with Gasteiger partial charge in [0.2, 0.25) is 0 Å². The second-order valence-corrected chi connectivity index (χ2v) is 2.83. The first kappa shape index (κ1) is 15.1. The van der Waals surface area contributed by atoms with Crippen LogP contribution < -0.4 is 59.1 Å². The Hall–Kier alpha value is 1.56. The van der Waals surface area contributed by atoms with Gasteiger partial charge in [-0.05, 0) is 11.5 Å². The van der Waals surface area contributed by atoms with Gasteiger partial charge in [0.1, 0.15) is 10.9 Å². The molecule has 0 N–H and O–H groups in total. The van der Waals surface area contributed by atoms with Gasteiger partial charge in [0, 0.05) is 0 Å². The summed E-state index contributed by atoms with van der Waals surface area (Å²) in [6.07, 6.45) is 0. The van der Waals surface area contributed by atoms with Crippen LogP contribution in [0.3, 0.4) is 0 Å². The third kappa shape index (κ3) is 3.85. The Labute approximate surface area is 124 Å². The molecular formula is C4N2Na2S3. The van der Waals surface area contributed by atoms with Crippen LogP contribution in [0.2, 0.25) is 0 Å². The van der Waals surface area contributed by atoms with Crippen LogP contribution in [0.5, 0.6) is 0 Å². The van der Waals surface area contributed by atoms with E-state index in [1.165, 1.54) is 0 Å². The maximum absolute atomic E-state index is 8.34. The van der Waals surface area contributed by atoms with Crippen LogP contribution in [-0.4, -0.2) is 4.37 Å². The van der Waals surface area contributed by atoms with Crippen LogP contribution in [0.15, 0.2) is 9.92 Å². The van der Waals surface area contributed by atoms with Gasteiger partial charge in [0.25, 0.3) is 0 Å². The van der Waals surface area contributed by atoms with Crippen molar-refractivity contribution in [1.82, 2.24) is 4.37 Å². The Bertz CT molecular complexity index is 267. The zero-order valence-electron chi connectivity index (χ0n) is 6.12. The molecule has 0 fully saturated rings. The average molecular weight is 218 g/mol. The van der Waals surface area contributed by atoms with Gasteiger partial charge in [-0.1, -0.05) is 5.03 Å². The fourth-order valence-corrected chi connectivity index (χ4v) is 1.36. The van der Waals surface area contributed by atoms with Gasteiger partial charge >= 0.3 is 59.1 Å². The van der Waals surface area contributed by atoms with E-state index in [-0.39, 0.29) is 59.1 Å². The first-order valence-corrected chi connectivity index (χ1v) is 3.58. The quantitative estimate of drug-likeness (QED) is 0.322. The third-order valence-electron chi connectivity index (χ3n) is 0.722. The van der Waals surface area contributed by atoms with Crippen LogP contribution in [0.4, 0.5) is 0 Å². The van der Waals surface area contributed by atoms with Crippen LogP contribution >= 0.6 is 11.5 Å². The molecule has 1 heterocycles. The zero-order chi connectivity index (χ0) is 6.85. The fraction of sp³-hybridized carbons (Fsp3) is 0. The summed E-state index contributed by atoms with van der Waals surface area (Å²) in [6.45, 7) is 0. The Kier molecular flexibility index (Phi) is 9.59. The summed E-state index contributed by atoms with van der Waals surface area (Å²) in [4.78, 5) is 0.854. The molecule has 0 bridgehead atoms. The third-order valence-corrected chi connectivity index (χ3v) is 2.54. The molecule has 0 aliphatic carbocycles. The molecule has 0 radical (unpaired) electrons. The number of nitrogens with zero attached hydrogens (tertiary/aromatic N) is 2. The monoisotopic (exact) mass is 218 g/mol. The SMILES string of the molecule is N#Cc1snc([S-])c1[S-].[Na+].[Na+]. The maximum atomic E-state index is 8.34. The normalized spacial score (nSPS) is 7.18. The minimum absolute atomic E-state index is 0. The van der Waals surface area contributed by atoms with Gasteiger partial charge in [-0.2, -0.15) is 5.26 Å². The number of rotatable bonds is 0. The molecule has 0 aromatic carbocycles. The molecule has 0 saturated carbocycles. The number of hydrogen-bond donors (Lipinski definition) is 0. The predicted octanol–water partition coefficient (Wildman–Crippen LogP) is -5.17. The van der Waals surface area contributed by atoms with Gasteiger partial charge in [-0.25, -0.2) is 4.37 Å². The smallest absolute Gasteiger partial charge is 0.778 e. The number of nitriles is 1. The Morgan fingerprint density at radius 3 is 2.09 bits per heavy atom. The first-order valence-electron chi connectivity index (χ1n) is 1.99. The van der Waals surface area contributed by atoms with Gasteiger partial charge < -0.3 is 25.3 Å². The van der Waals surface area contributed by atoms with E-state index in [1.807, 2.05) is 6.07 Å². The molecule has 0 aliphatic heterocycles. The largest absolute Gasteiger partial charge is 1.00 e. The van der Waals surface area contributed by atoms with Crippen molar-refractivity contribution in [3.05, 3.63) is 4.88 Å². The van der Waals surface area contributed by atoms with Gasteiger partial charge in [0.05, 0.1) is 0 Å². The molecule has 1 aromatic heterocycles. The molecule has 1 rings (SSSR count). The van der Waals surface area contributed by atoms with E-state index >= 15 is 0 Å². The van der Waals surface area contributed by atoms with E-state index in [2.05, 4.69) is 17.0 Å². The maximum Gasteiger partial charge on any atom is 1.00 e. The van der Waals surface area contributed by atoms with E-state index in [0.29, 0.717) is 14.8 Å². The number of aromatic nitrogens is 1. The van der Waals surface area contributed by atoms with Crippen LogP contribution in [0, 0.1) is 11.3 Å². The van der Waals surface area contributed by atoms with E-state index in [4.69, 9.17) is 17.9 Å². The van der Waals surface area contributed by atoms with Crippen molar-refractivity contribution < 1.29 is 59.1 Å². The van der Waals surface area contributed by atoms with E-state index in [1.54, 1.807) is 0 Å². The van der Waals surface area contributed by atoms with Crippen molar-refractivity contribution in [2.75, 3.05) is 0 Å². The summed E-state index contributed by atoms with van der Waals surface area (Å²) >= 11 is 10.5. The molecule has 0 unspecified atom stereocenters. The molecule has 0 atom stereocenters. The summed E-state index contributed by atoms with van der Waals surface area (Å²) in [7, 11) is 0. The first-order chi connectivity index (χ1) is 4.25. The van der Waals surface area contributed by atoms with Gasteiger partial charge in [-0.3, -0.25) is 0 Å². The topological polar surface area (TPSA) is 36.7 Å². The molecule has 11 heavy (non-hydrogen) atoms. The van der Waals surface area contributed by atoms with Gasteiger partial charge in [0.15, 0.2) is 0 Å². The minimum atomic E-state index is 0. The summed E-state index contributed by atoms with van der Waals surface area (Å²) in [5, 5.41) is 8.71. The van der Waals surface area contributed by atoms with Crippen molar-refractivity contribution in [2.24, 2.45) is 0 Å². The van der Waals surface area contributed by atoms with Crippen LogP contribution in [0.25, 0.3) is 0 Å². The van der Waals surface area contributed by atoms with Crippen LogP contribution in [-0.2, 0) is 25.3 Å². The fourth-order valence-electron chi connectivity index (χ4n) is 0.338. The molecule has 0 spiro atoms. The van der Waals surface area contributed by atoms with E-state index in [0.717, 1.165) is 11.5 Å². The second kappa shape index (κ2) is 7.01. The Morgan fingerprint density at radius 1 is 1.36 bits per heavy atom. The summed E-state index contributed by atoms with van der Waals surface area (Å²) < 4.78 is 3.72. The van der Waals surface area contributed by atoms with Crippen molar-refractivity contribution >= 4 is 36.8 Å².